The maximum atomic E-state index is 12.8. The molecular formula is C58H92O6. The van der Waals surface area contributed by atoms with Crippen LogP contribution in [0.2, 0.25) is 0 Å². The van der Waals surface area contributed by atoms with Gasteiger partial charge in [0.2, 0.25) is 0 Å². The van der Waals surface area contributed by atoms with E-state index < -0.39 is 6.10 Å². The standard InChI is InChI=1S/C58H92O6/c1-4-7-10-13-16-19-22-25-27-29-31-33-36-39-42-45-48-51-57(60)63-54-55(53-62-56(59)50-47-44-41-38-35-32-24-21-18-15-12-9-6-3)64-58(61)52-49-46-43-40-37-34-30-28-26-23-20-17-14-11-8-5-2/h7,10,13,16,19,22,25,27-37,41,44,55H,4-6,8-9,11-12,14-15,17-18,20-21,23-24,26,38-40,42-43,45-54H2,1-3H3/b10-7-,16-13-,22-19-,27-25-,30-28-,31-29+,35-32-,36-33-,37-34-,44-41-. The average Bonchev–Trinajstić information content (AvgIpc) is 3.29. The minimum absolute atomic E-state index is 0.133. The van der Waals surface area contributed by atoms with Crippen molar-refractivity contribution < 1.29 is 28.6 Å². The number of ether oxygens (including phenoxy) is 3. The molecule has 0 rings (SSSR count). The van der Waals surface area contributed by atoms with Crippen molar-refractivity contribution in [1.29, 1.82) is 0 Å². The molecule has 0 aliphatic rings. The second kappa shape index (κ2) is 51.4. The zero-order chi connectivity index (χ0) is 46.5. The largest absolute Gasteiger partial charge is 0.462 e. The summed E-state index contributed by atoms with van der Waals surface area (Å²) >= 11 is 0. The van der Waals surface area contributed by atoms with Gasteiger partial charge in [-0.15, -0.1) is 0 Å². The van der Waals surface area contributed by atoms with Crippen molar-refractivity contribution in [2.45, 2.75) is 213 Å². The Hall–Kier alpha value is -4.19. The predicted molar refractivity (Wildman–Crippen MR) is 274 cm³/mol. The fourth-order valence-corrected chi connectivity index (χ4v) is 6.52. The van der Waals surface area contributed by atoms with Gasteiger partial charge < -0.3 is 14.2 Å². The van der Waals surface area contributed by atoms with Gasteiger partial charge in [0.15, 0.2) is 6.10 Å². The number of hydrogen-bond acceptors (Lipinski definition) is 6. The van der Waals surface area contributed by atoms with E-state index in [9.17, 15) is 14.4 Å². The van der Waals surface area contributed by atoms with Crippen molar-refractivity contribution >= 4 is 17.9 Å². The number of allylic oxidation sites excluding steroid dienone is 20. The van der Waals surface area contributed by atoms with Gasteiger partial charge in [0.05, 0.1) is 0 Å². The first-order chi connectivity index (χ1) is 31.5. The summed E-state index contributed by atoms with van der Waals surface area (Å²) < 4.78 is 16.7. The lowest BCUT2D eigenvalue weighted by Crippen LogP contribution is -2.30. The first kappa shape index (κ1) is 59.8. The highest BCUT2D eigenvalue weighted by molar-refractivity contribution is 5.71. The summed E-state index contributed by atoms with van der Waals surface area (Å²) in [7, 11) is 0. The van der Waals surface area contributed by atoms with Crippen LogP contribution in [0.15, 0.2) is 122 Å². The van der Waals surface area contributed by atoms with Gasteiger partial charge >= 0.3 is 17.9 Å². The van der Waals surface area contributed by atoms with Crippen LogP contribution in [0, 0.1) is 0 Å². The third kappa shape index (κ3) is 48.8. The number of carbonyl (C=O) groups excluding carboxylic acids is 3. The molecule has 64 heavy (non-hydrogen) atoms. The van der Waals surface area contributed by atoms with Crippen molar-refractivity contribution in [3.63, 3.8) is 0 Å². The highest BCUT2D eigenvalue weighted by Gasteiger charge is 2.19. The third-order valence-corrected chi connectivity index (χ3v) is 10.4. The lowest BCUT2D eigenvalue weighted by Gasteiger charge is -2.18. The second-order valence-corrected chi connectivity index (χ2v) is 16.5. The molecular weight excluding hydrogens is 793 g/mol. The normalized spacial score (nSPS) is 13.1. The van der Waals surface area contributed by atoms with Crippen LogP contribution < -0.4 is 0 Å². The quantitative estimate of drug-likeness (QED) is 0.0199. The van der Waals surface area contributed by atoms with Crippen LogP contribution in [-0.4, -0.2) is 37.2 Å². The van der Waals surface area contributed by atoms with Crippen LogP contribution in [-0.2, 0) is 28.6 Å². The number of hydrogen-bond donors (Lipinski definition) is 0. The molecule has 0 N–H and O–H groups in total. The number of esters is 3. The fraction of sp³-hybridized carbons (Fsp3) is 0.603. The predicted octanol–water partition coefficient (Wildman–Crippen LogP) is 16.9. The van der Waals surface area contributed by atoms with Crippen molar-refractivity contribution in [1.82, 2.24) is 0 Å². The summed E-state index contributed by atoms with van der Waals surface area (Å²) in [6, 6.07) is 0. The summed E-state index contributed by atoms with van der Waals surface area (Å²) in [4.78, 5) is 37.9. The van der Waals surface area contributed by atoms with E-state index in [1.807, 2.05) is 66.8 Å². The molecule has 6 heteroatoms. The molecule has 0 aliphatic heterocycles. The van der Waals surface area contributed by atoms with Crippen molar-refractivity contribution in [2.75, 3.05) is 13.2 Å². The van der Waals surface area contributed by atoms with Crippen molar-refractivity contribution in [3.05, 3.63) is 122 Å². The molecule has 0 aliphatic carbocycles. The molecule has 1 unspecified atom stereocenters. The van der Waals surface area contributed by atoms with Gasteiger partial charge in [0, 0.05) is 19.3 Å². The van der Waals surface area contributed by atoms with E-state index in [1.165, 1.54) is 83.5 Å². The molecule has 0 fully saturated rings. The molecule has 0 saturated heterocycles. The molecule has 6 nitrogen and oxygen atoms in total. The van der Waals surface area contributed by atoms with E-state index in [4.69, 9.17) is 14.2 Å². The Kier molecular flexibility index (Phi) is 48.1. The molecule has 0 aromatic rings. The van der Waals surface area contributed by atoms with Crippen LogP contribution in [0.3, 0.4) is 0 Å². The van der Waals surface area contributed by atoms with Gasteiger partial charge in [-0.3, -0.25) is 14.4 Å². The van der Waals surface area contributed by atoms with Gasteiger partial charge in [-0.2, -0.15) is 0 Å². The van der Waals surface area contributed by atoms with E-state index in [-0.39, 0.29) is 50.4 Å². The van der Waals surface area contributed by atoms with Crippen LogP contribution in [0.1, 0.15) is 207 Å². The Balaban J connectivity index is 4.61. The maximum Gasteiger partial charge on any atom is 0.306 e. The Morgan fingerprint density at radius 3 is 1.19 bits per heavy atom. The summed E-state index contributed by atoms with van der Waals surface area (Å²) in [5.41, 5.74) is 0. The lowest BCUT2D eigenvalue weighted by molar-refractivity contribution is -0.166. The summed E-state index contributed by atoms with van der Waals surface area (Å²) in [5.74, 6) is -1.08. The van der Waals surface area contributed by atoms with Gasteiger partial charge in [0.25, 0.3) is 0 Å². The van der Waals surface area contributed by atoms with E-state index in [0.717, 1.165) is 64.2 Å². The van der Waals surface area contributed by atoms with Crippen molar-refractivity contribution in [2.24, 2.45) is 0 Å². The number of unbranched alkanes of at least 4 members (excludes halogenated alkanes) is 19. The van der Waals surface area contributed by atoms with Crippen LogP contribution >= 0.6 is 0 Å². The average molecular weight is 885 g/mol. The van der Waals surface area contributed by atoms with Gasteiger partial charge in [-0.25, -0.2) is 0 Å². The maximum absolute atomic E-state index is 12.8. The Labute approximate surface area is 392 Å². The SMILES string of the molecule is CC\C=C/C=C\C=C/C=C\C=C\C=C/CCCCCC(=O)OCC(COC(=O)CC/C=C\C/C=C\CCCCCCCC)OC(=O)CCCCC/C=C\C=C/CCCCCCCCC. The first-order valence-corrected chi connectivity index (χ1v) is 25.6. The molecule has 0 radical (unpaired) electrons. The Bertz CT molecular complexity index is 1390. The van der Waals surface area contributed by atoms with Gasteiger partial charge in [-0.1, -0.05) is 226 Å². The smallest absolute Gasteiger partial charge is 0.306 e. The third-order valence-electron chi connectivity index (χ3n) is 10.4. The highest BCUT2D eigenvalue weighted by Crippen LogP contribution is 2.12. The topological polar surface area (TPSA) is 78.9 Å². The Morgan fingerprint density at radius 1 is 0.344 bits per heavy atom. The van der Waals surface area contributed by atoms with Crippen LogP contribution in [0.5, 0.6) is 0 Å². The zero-order valence-corrected chi connectivity index (χ0v) is 41.0. The molecule has 360 valence electrons. The molecule has 0 aromatic carbocycles. The van der Waals surface area contributed by atoms with Crippen LogP contribution in [0.4, 0.5) is 0 Å². The lowest BCUT2D eigenvalue weighted by atomic mass is 10.1. The Morgan fingerprint density at radius 2 is 0.703 bits per heavy atom. The van der Waals surface area contributed by atoms with Gasteiger partial charge in [0.1, 0.15) is 13.2 Å². The first-order valence-electron chi connectivity index (χ1n) is 25.6. The highest BCUT2D eigenvalue weighted by atomic mass is 16.6. The molecule has 0 spiro atoms. The summed E-state index contributed by atoms with van der Waals surface area (Å²) in [6.45, 7) is 6.34. The minimum Gasteiger partial charge on any atom is -0.462 e. The monoisotopic (exact) mass is 885 g/mol. The summed E-state index contributed by atoms with van der Waals surface area (Å²) in [5, 5.41) is 0. The number of rotatable bonds is 44. The number of carbonyl (C=O) groups is 3. The van der Waals surface area contributed by atoms with E-state index in [2.05, 4.69) is 75.5 Å². The van der Waals surface area contributed by atoms with Gasteiger partial charge in [-0.05, 0) is 83.5 Å². The van der Waals surface area contributed by atoms with Crippen molar-refractivity contribution in [3.8, 4) is 0 Å². The zero-order valence-electron chi connectivity index (χ0n) is 41.0. The van der Waals surface area contributed by atoms with E-state index in [1.54, 1.807) is 0 Å². The van der Waals surface area contributed by atoms with Crippen LogP contribution in [0.25, 0.3) is 0 Å². The van der Waals surface area contributed by atoms with E-state index in [0.29, 0.717) is 19.3 Å². The summed E-state index contributed by atoms with van der Waals surface area (Å²) in [6.07, 6.45) is 70.5. The molecule has 0 bridgehead atoms. The molecule has 1 atom stereocenters. The molecule has 0 aromatic heterocycles. The fourth-order valence-electron chi connectivity index (χ4n) is 6.52. The second-order valence-electron chi connectivity index (χ2n) is 16.5. The minimum atomic E-state index is -0.836. The molecule has 0 amide bonds. The molecule has 0 saturated carbocycles. The molecule has 0 heterocycles. The van der Waals surface area contributed by atoms with E-state index >= 15 is 0 Å².